The molecule has 0 heterocycles. The van der Waals surface area contributed by atoms with Gasteiger partial charge in [-0.15, -0.1) is 0 Å². The van der Waals surface area contributed by atoms with Crippen LogP contribution in [0.15, 0.2) is 29.2 Å². The predicted molar refractivity (Wildman–Crippen MR) is 82.9 cm³/mol. The van der Waals surface area contributed by atoms with Crippen LogP contribution in [0, 0.1) is 0 Å². The molecule has 0 aromatic heterocycles. The predicted octanol–water partition coefficient (Wildman–Crippen LogP) is 2.38. The first-order chi connectivity index (χ1) is 9.35. The van der Waals surface area contributed by atoms with Gasteiger partial charge in [0.25, 0.3) is 0 Å². The molecule has 0 unspecified atom stereocenters. The number of nitrogens with one attached hydrogen (secondary N) is 1. The summed E-state index contributed by atoms with van der Waals surface area (Å²) >= 11 is 0. The summed E-state index contributed by atoms with van der Waals surface area (Å²) in [6, 6.07) is 7.14. The average molecular weight is 296 g/mol. The van der Waals surface area contributed by atoms with Crippen molar-refractivity contribution in [2.45, 2.75) is 36.1 Å². The maximum atomic E-state index is 11.8. The molecule has 0 bridgehead atoms. The molecule has 1 aliphatic rings. The second kappa shape index (κ2) is 5.74. The van der Waals surface area contributed by atoms with Gasteiger partial charge < -0.3 is 10.2 Å². The third-order valence-corrected chi connectivity index (χ3v) is 5.53. The number of benzene rings is 1. The smallest absolute Gasteiger partial charge is 0.177 e. The van der Waals surface area contributed by atoms with Gasteiger partial charge in [-0.05, 0) is 39.1 Å². The Morgan fingerprint density at radius 3 is 2.35 bits per heavy atom. The van der Waals surface area contributed by atoms with Crippen molar-refractivity contribution in [2.75, 3.05) is 32.2 Å². The van der Waals surface area contributed by atoms with Crippen LogP contribution in [0.5, 0.6) is 0 Å². The number of likely N-dealkylation sites (N-methyl/N-ethyl adjacent to an activating group) is 1. The van der Waals surface area contributed by atoms with Crippen LogP contribution in [-0.2, 0) is 9.84 Å². The first-order valence-corrected chi connectivity index (χ1v) is 8.95. The van der Waals surface area contributed by atoms with Gasteiger partial charge in [-0.3, -0.25) is 0 Å². The van der Waals surface area contributed by atoms with Crippen molar-refractivity contribution < 1.29 is 8.42 Å². The van der Waals surface area contributed by atoms with Crippen molar-refractivity contribution in [1.82, 2.24) is 4.90 Å². The van der Waals surface area contributed by atoms with Gasteiger partial charge in [0.15, 0.2) is 9.84 Å². The van der Waals surface area contributed by atoms with Crippen molar-refractivity contribution in [3.8, 4) is 0 Å². The number of para-hydroxylation sites is 1. The number of hydrogen-bond donors (Lipinski definition) is 1. The molecule has 0 radical (unpaired) electrons. The fraction of sp³-hybridized carbons (Fsp3) is 0.600. The summed E-state index contributed by atoms with van der Waals surface area (Å²) in [5.41, 5.74) is 0.855. The fourth-order valence-corrected chi connectivity index (χ4v) is 3.88. The van der Waals surface area contributed by atoms with Crippen molar-refractivity contribution in [1.29, 1.82) is 0 Å². The monoisotopic (exact) mass is 296 g/mol. The van der Waals surface area contributed by atoms with Crippen molar-refractivity contribution >= 4 is 15.5 Å². The Morgan fingerprint density at radius 1 is 1.20 bits per heavy atom. The third-order valence-electron chi connectivity index (χ3n) is 4.38. The van der Waals surface area contributed by atoms with E-state index >= 15 is 0 Å². The molecule has 1 aliphatic carbocycles. The minimum atomic E-state index is -3.20. The fourth-order valence-electron chi connectivity index (χ4n) is 3.01. The lowest BCUT2D eigenvalue weighted by Gasteiger charge is -2.37. The molecule has 0 atom stereocenters. The number of nitrogens with zero attached hydrogens (tertiary/aromatic N) is 1. The normalized spacial score (nSPS) is 18.4. The summed E-state index contributed by atoms with van der Waals surface area (Å²) in [5, 5.41) is 3.36. The SMILES string of the molecule is CN(C)C1(CNc2ccccc2S(C)(=O)=O)CCCC1. The van der Waals surface area contributed by atoms with Gasteiger partial charge in [0.05, 0.1) is 10.6 Å². The van der Waals surface area contributed by atoms with Crippen molar-refractivity contribution in [2.24, 2.45) is 0 Å². The summed E-state index contributed by atoms with van der Waals surface area (Å²) in [5.74, 6) is 0. The zero-order valence-corrected chi connectivity index (χ0v) is 13.3. The largest absolute Gasteiger partial charge is 0.382 e. The van der Waals surface area contributed by atoms with Gasteiger partial charge in [0.2, 0.25) is 0 Å². The number of hydrogen-bond acceptors (Lipinski definition) is 4. The lowest BCUT2D eigenvalue weighted by molar-refractivity contribution is 0.172. The Hall–Kier alpha value is -1.07. The van der Waals surface area contributed by atoms with Gasteiger partial charge in [-0.1, -0.05) is 25.0 Å². The molecule has 0 spiro atoms. The summed E-state index contributed by atoms with van der Waals surface area (Å²) in [7, 11) is 1.02. The van der Waals surface area contributed by atoms with Gasteiger partial charge in [0, 0.05) is 18.3 Å². The summed E-state index contributed by atoms with van der Waals surface area (Å²) in [6.07, 6.45) is 6.06. The highest BCUT2D eigenvalue weighted by molar-refractivity contribution is 7.90. The molecule has 112 valence electrons. The molecule has 2 rings (SSSR count). The number of anilines is 1. The standard InChI is InChI=1S/C15H24N2O2S/c1-17(2)15(10-6-7-11-15)12-16-13-8-4-5-9-14(13)20(3,18)19/h4-5,8-9,16H,6-7,10-12H2,1-3H3. The van der Waals surface area contributed by atoms with Gasteiger partial charge >= 0.3 is 0 Å². The molecule has 0 amide bonds. The van der Waals surface area contributed by atoms with Crippen LogP contribution >= 0.6 is 0 Å². The van der Waals surface area contributed by atoms with E-state index in [9.17, 15) is 8.42 Å². The van der Waals surface area contributed by atoms with Crippen LogP contribution in [0.3, 0.4) is 0 Å². The molecule has 1 saturated carbocycles. The summed E-state index contributed by atoms with van der Waals surface area (Å²) in [4.78, 5) is 2.66. The molecule has 1 aromatic carbocycles. The molecule has 5 heteroatoms. The first kappa shape index (κ1) is 15.3. The Kier molecular flexibility index (Phi) is 4.39. The van der Waals surface area contributed by atoms with E-state index in [1.165, 1.54) is 19.1 Å². The van der Waals surface area contributed by atoms with E-state index in [0.717, 1.165) is 19.4 Å². The van der Waals surface area contributed by atoms with Crippen molar-refractivity contribution in [3.05, 3.63) is 24.3 Å². The molecule has 4 nitrogen and oxygen atoms in total. The Morgan fingerprint density at radius 2 is 1.80 bits per heavy atom. The lowest BCUT2D eigenvalue weighted by Crippen LogP contribution is -2.47. The Balaban J connectivity index is 2.19. The van der Waals surface area contributed by atoms with Crippen LogP contribution in [0.25, 0.3) is 0 Å². The van der Waals surface area contributed by atoms with Crippen LogP contribution in [0.4, 0.5) is 5.69 Å². The maximum Gasteiger partial charge on any atom is 0.177 e. The molecule has 1 N–H and O–H groups in total. The molecule has 20 heavy (non-hydrogen) atoms. The molecule has 0 saturated heterocycles. The lowest BCUT2D eigenvalue weighted by atomic mass is 9.96. The third kappa shape index (κ3) is 3.15. The highest BCUT2D eigenvalue weighted by Crippen LogP contribution is 2.34. The summed E-state index contributed by atoms with van der Waals surface area (Å²) in [6.45, 7) is 0.784. The van der Waals surface area contributed by atoms with Crippen LogP contribution < -0.4 is 5.32 Å². The molecule has 0 aliphatic heterocycles. The topological polar surface area (TPSA) is 49.4 Å². The van der Waals surface area contributed by atoms with E-state index in [1.807, 2.05) is 12.1 Å². The zero-order valence-electron chi connectivity index (χ0n) is 12.5. The Bertz CT molecular complexity index is 561. The van der Waals surface area contributed by atoms with E-state index in [0.29, 0.717) is 10.6 Å². The first-order valence-electron chi connectivity index (χ1n) is 7.06. The van der Waals surface area contributed by atoms with E-state index in [1.54, 1.807) is 12.1 Å². The van der Waals surface area contributed by atoms with Gasteiger partial charge in [0.1, 0.15) is 0 Å². The maximum absolute atomic E-state index is 11.8. The molecular formula is C15H24N2O2S. The van der Waals surface area contributed by atoms with Crippen molar-refractivity contribution in [3.63, 3.8) is 0 Å². The van der Waals surface area contributed by atoms with E-state index < -0.39 is 9.84 Å². The van der Waals surface area contributed by atoms with E-state index in [-0.39, 0.29) is 5.54 Å². The minimum absolute atomic E-state index is 0.143. The minimum Gasteiger partial charge on any atom is -0.382 e. The van der Waals surface area contributed by atoms with Gasteiger partial charge in [-0.2, -0.15) is 0 Å². The Labute approximate surface area is 122 Å². The highest BCUT2D eigenvalue weighted by Gasteiger charge is 2.35. The average Bonchev–Trinajstić information content (AvgIpc) is 2.86. The number of rotatable bonds is 5. The molecule has 1 fully saturated rings. The molecular weight excluding hydrogens is 272 g/mol. The van der Waals surface area contributed by atoms with Crippen LogP contribution in [0.2, 0.25) is 0 Å². The zero-order chi connectivity index (χ0) is 14.8. The quantitative estimate of drug-likeness (QED) is 0.906. The molecule has 1 aromatic rings. The van der Waals surface area contributed by atoms with E-state index in [2.05, 4.69) is 24.3 Å². The second-order valence-corrected chi connectivity index (χ2v) is 7.93. The summed E-state index contributed by atoms with van der Waals surface area (Å²) < 4.78 is 23.6. The number of sulfone groups is 1. The second-order valence-electron chi connectivity index (χ2n) is 5.95. The van der Waals surface area contributed by atoms with Gasteiger partial charge in [-0.25, -0.2) is 8.42 Å². The van der Waals surface area contributed by atoms with Crippen LogP contribution in [0.1, 0.15) is 25.7 Å². The van der Waals surface area contributed by atoms with E-state index in [4.69, 9.17) is 0 Å². The van der Waals surface area contributed by atoms with Crippen LogP contribution in [-0.4, -0.2) is 45.8 Å². The highest BCUT2D eigenvalue weighted by atomic mass is 32.2.